The van der Waals surface area contributed by atoms with Gasteiger partial charge in [-0.15, -0.1) is 11.3 Å². The Balaban J connectivity index is 1.95. The first-order valence-electron chi connectivity index (χ1n) is 7.75. The highest BCUT2D eigenvalue weighted by molar-refractivity contribution is 7.20. The van der Waals surface area contributed by atoms with E-state index in [4.69, 9.17) is 0 Å². The van der Waals surface area contributed by atoms with E-state index in [1.165, 1.54) is 11.3 Å². The number of pyridine rings is 1. The SMILES string of the molecule is Cc1ccnc2sc(C(=O)N3CC(C)CC(C(=O)O)C3)c(C)c12. The van der Waals surface area contributed by atoms with E-state index in [-0.39, 0.29) is 11.8 Å². The molecular formula is C17H20N2O3S. The summed E-state index contributed by atoms with van der Waals surface area (Å²) in [7, 11) is 0. The summed E-state index contributed by atoms with van der Waals surface area (Å²) in [4.78, 5) is 31.8. The summed E-state index contributed by atoms with van der Waals surface area (Å²) in [5.41, 5.74) is 2.06. The molecular weight excluding hydrogens is 312 g/mol. The normalized spacial score (nSPS) is 21.6. The van der Waals surface area contributed by atoms with Gasteiger partial charge in [0.1, 0.15) is 4.83 Å². The van der Waals surface area contributed by atoms with Crippen LogP contribution in [0.5, 0.6) is 0 Å². The number of hydrogen-bond acceptors (Lipinski definition) is 4. The zero-order valence-corrected chi connectivity index (χ0v) is 14.3. The van der Waals surface area contributed by atoms with Gasteiger partial charge in [-0.25, -0.2) is 4.98 Å². The van der Waals surface area contributed by atoms with E-state index in [0.717, 1.165) is 21.3 Å². The van der Waals surface area contributed by atoms with Crippen LogP contribution in [0.4, 0.5) is 0 Å². The second kappa shape index (κ2) is 5.92. The zero-order valence-electron chi connectivity index (χ0n) is 13.5. The molecule has 3 heterocycles. The van der Waals surface area contributed by atoms with Gasteiger partial charge in [-0.2, -0.15) is 0 Å². The molecule has 5 nitrogen and oxygen atoms in total. The second-order valence-corrected chi connectivity index (χ2v) is 7.45. The van der Waals surface area contributed by atoms with Crippen LogP contribution in [0.3, 0.4) is 0 Å². The first-order valence-corrected chi connectivity index (χ1v) is 8.57. The maximum atomic E-state index is 12.9. The fraction of sp³-hybridized carbons (Fsp3) is 0.471. The number of aromatic nitrogens is 1. The predicted octanol–water partition coefficient (Wildman–Crippen LogP) is 3.10. The van der Waals surface area contributed by atoms with Gasteiger partial charge in [-0.1, -0.05) is 6.92 Å². The number of carbonyl (C=O) groups excluding carboxylic acids is 1. The number of carboxylic acid groups (broad SMARTS) is 1. The molecule has 1 saturated heterocycles. The van der Waals surface area contributed by atoms with E-state index in [0.29, 0.717) is 24.4 Å². The summed E-state index contributed by atoms with van der Waals surface area (Å²) >= 11 is 1.40. The molecule has 1 N–H and O–H groups in total. The van der Waals surface area contributed by atoms with Crippen molar-refractivity contribution < 1.29 is 14.7 Å². The molecule has 2 unspecified atom stereocenters. The molecule has 3 rings (SSSR count). The first kappa shape index (κ1) is 15.9. The number of carbonyl (C=O) groups is 2. The zero-order chi connectivity index (χ0) is 16.7. The molecule has 1 aliphatic heterocycles. The average molecular weight is 332 g/mol. The molecule has 0 aliphatic carbocycles. The van der Waals surface area contributed by atoms with Gasteiger partial charge in [0.2, 0.25) is 0 Å². The first-order chi connectivity index (χ1) is 10.9. The van der Waals surface area contributed by atoms with Gasteiger partial charge in [0.05, 0.1) is 10.8 Å². The molecule has 0 radical (unpaired) electrons. The number of nitrogens with zero attached hydrogens (tertiary/aromatic N) is 2. The Kier molecular flexibility index (Phi) is 4.10. The summed E-state index contributed by atoms with van der Waals surface area (Å²) in [6.45, 7) is 6.87. The van der Waals surface area contributed by atoms with E-state index >= 15 is 0 Å². The van der Waals surface area contributed by atoms with Crippen molar-refractivity contribution in [1.82, 2.24) is 9.88 Å². The van der Waals surface area contributed by atoms with Gasteiger partial charge in [-0.05, 0) is 43.4 Å². The Morgan fingerprint density at radius 2 is 2.09 bits per heavy atom. The predicted molar refractivity (Wildman–Crippen MR) is 89.9 cm³/mol. The van der Waals surface area contributed by atoms with Crippen molar-refractivity contribution in [2.75, 3.05) is 13.1 Å². The minimum atomic E-state index is -0.820. The minimum absolute atomic E-state index is 0.0669. The molecule has 1 aliphatic rings. The number of aryl methyl sites for hydroxylation is 2. The minimum Gasteiger partial charge on any atom is -0.481 e. The third-order valence-corrected chi connectivity index (χ3v) is 5.72. The maximum absolute atomic E-state index is 12.9. The molecule has 2 aromatic rings. The van der Waals surface area contributed by atoms with Crippen LogP contribution in [0.1, 0.15) is 34.1 Å². The summed E-state index contributed by atoms with van der Waals surface area (Å²) in [5, 5.41) is 10.3. The molecule has 6 heteroatoms. The number of carboxylic acids is 1. The highest BCUT2D eigenvalue weighted by Crippen LogP contribution is 2.33. The van der Waals surface area contributed by atoms with Crippen LogP contribution in [0.25, 0.3) is 10.2 Å². The third kappa shape index (κ3) is 2.83. The standard InChI is InChI=1S/C17H20N2O3S/c1-9-6-12(17(21)22)8-19(7-9)16(20)14-11(3)13-10(2)4-5-18-15(13)23-14/h4-5,9,12H,6-8H2,1-3H3,(H,21,22). The number of fused-ring (bicyclic) bond motifs is 1. The highest BCUT2D eigenvalue weighted by Gasteiger charge is 2.33. The number of hydrogen-bond donors (Lipinski definition) is 1. The summed E-state index contributed by atoms with van der Waals surface area (Å²) in [6.07, 6.45) is 2.39. The van der Waals surface area contributed by atoms with E-state index in [1.807, 2.05) is 26.8 Å². The van der Waals surface area contributed by atoms with Crippen LogP contribution in [0.2, 0.25) is 0 Å². The molecule has 1 fully saturated rings. The van der Waals surface area contributed by atoms with Gasteiger partial charge in [-0.3, -0.25) is 9.59 Å². The lowest BCUT2D eigenvalue weighted by Crippen LogP contribution is -2.45. The molecule has 0 aromatic carbocycles. The van der Waals surface area contributed by atoms with Gasteiger partial charge in [0.15, 0.2) is 0 Å². The molecule has 2 atom stereocenters. The molecule has 2 aromatic heterocycles. The van der Waals surface area contributed by atoms with Crippen molar-refractivity contribution in [3.63, 3.8) is 0 Å². The average Bonchev–Trinajstić information content (AvgIpc) is 2.84. The Bertz CT molecular complexity index is 783. The molecule has 122 valence electrons. The summed E-state index contributed by atoms with van der Waals surface area (Å²) in [6, 6.07) is 1.94. The molecule has 23 heavy (non-hydrogen) atoms. The topological polar surface area (TPSA) is 70.5 Å². The molecule has 0 spiro atoms. The smallest absolute Gasteiger partial charge is 0.308 e. The van der Waals surface area contributed by atoms with Gasteiger partial charge in [0, 0.05) is 24.7 Å². The van der Waals surface area contributed by atoms with Crippen LogP contribution < -0.4 is 0 Å². The van der Waals surface area contributed by atoms with E-state index in [1.54, 1.807) is 11.1 Å². The van der Waals surface area contributed by atoms with Crippen molar-refractivity contribution >= 4 is 33.4 Å². The lowest BCUT2D eigenvalue weighted by atomic mass is 9.90. The van der Waals surface area contributed by atoms with Gasteiger partial charge >= 0.3 is 5.97 Å². The molecule has 1 amide bonds. The lowest BCUT2D eigenvalue weighted by molar-refractivity contribution is -0.143. The maximum Gasteiger partial charge on any atom is 0.308 e. The summed E-state index contributed by atoms with van der Waals surface area (Å²) in [5.74, 6) is -1.16. The van der Waals surface area contributed by atoms with Gasteiger partial charge in [0.25, 0.3) is 5.91 Å². The number of rotatable bonds is 2. The Hall–Kier alpha value is -1.95. The number of amides is 1. The monoisotopic (exact) mass is 332 g/mol. The number of likely N-dealkylation sites (tertiary alicyclic amines) is 1. The summed E-state index contributed by atoms with van der Waals surface area (Å²) < 4.78 is 0. The van der Waals surface area contributed by atoms with E-state index in [2.05, 4.69) is 4.98 Å². The molecule has 0 saturated carbocycles. The van der Waals surface area contributed by atoms with Gasteiger partial charge < -0.3 is 10.0 Å². The number of piperidine rings is 1. The quantitative estimate of drug-likeness (QED) is 0.917. The van der Waals surface area contributed by atoms with E-state index < -0.39 is 11.9 Å². The fourth-order valence-electron chi connectivity index (χ4n) is 3.40. The van der Waals surface area contributed by atoms with Crippen molar-refractivity contribution in [3.8, 4) is 0 Å². The Labute approximate surface area is 138 Å². The number of aliphatic carboxylic acids is 1. The lowest BCUT2D eigenvalue weighted by Gasteiger charge is -2.34. The van der Waals surface area contributed by atoms with Crippen molar-refractivity contribution in [2.24, 2.45) is 11.8 Å². The van der Waals surface area contributed by atoms with Crippen LogP contribution in [0, 0.1) is 25.7 Å². The van der Waals surface area contributed by atoms with Crippen LogP contribution >= 0.6 is 11.3 Å². The van der Waals surface area contributed by atoms with E-state index in [9.17, 15) is 14.7 Å². The molecule has 0 bridgehead atoms. The van der Waals surface area contributed by atoms with Crippen molar-refractivity contribution in [1.29, 1.82) is 0 Å². The Morgan fingerprint density at radius 3 is 2.74 bits per heavy atom. The third-order valence-electron chi connectivity index (χ3n) is 4.53. The highest BCUT2D eigenvalue weighted by atomic mass is 32.1. The fourth-order valence-corrected chi connectivity index (χ4v) is 4.59. The van der Waals surface area contributed by atoms with Crippen LogP contribution in [0.15, 0.2) is 12.3 Å². The van der Waals surface area contributed by atoms with Crippen molar-refractivity contribution in [3.05, 3.63) is 28.3 Å². The van der Waals surface area contributed by atoms with Crippen molar-refractivity contribution in [2.45, 2.75) is 27.2 Å². The number of thiophene rings is 1. The van der Waals surface area contributed by atoms with Crippen LogP contribution in [-0.4, -0.2) is 40.0 Å². The second-order valence-electron chi connectivity index (χ2n) is 6.45. The Morgan fingerprint density at radius 1 is 1.35 bits per heavy atom. The van der Waals surface area contributed by atoms with Crippen LogP contribution in [-0.2, 0) is 4.79 Å². The largest absolute Gasteiger partial charge is 0.481 e.